The minimum Gasteiger partial charge on any atom is -0.482 e. The molecule has 3 N–H and O–H groups in total. The number of amides is 2. The fourth-order valence-electron chi connectivity index (χ4n) is 2.50. The van der Waals surface area contributed by atoms with Crippen LogP contribution in [-0.2, 0) is 9.59 Å². The maximum Gasteiger partial charge on any atom is 0.260 e. The van der Waals surface area contributed by atoms with Crippen LogP contribution in [0.1, 0.15) is 13.3 Å². The van der Waals surface area contributed by atoms with Crippen molar-refractivity contribution in [1.82, 2.24) is 10.2 Å². The van der Waals surface area contributed by atoms with E-state index in [9.17, 15) is 9.59 Å². The van der Waals surface area contributed by atoms with E-state index in [-0.39, 0.29) is 18.4 Å². The summed E-state index contributed by atoms with van der Waals surface area (Å²) >= 11 is 0. The van der Waals surface area contributed by atoms with Crippen molar-refractivity contribution >= 4 is 17.5 Å². The standard InChI is InChI=1S/C15H21N3O3/c1-15(14(20)17-2)7-8-18(10-15)13(19)9-21-12-6-4-3-5-11(12)16/h3-6H,7-10,16H2,1-2H3,(H,17,20). The Hall–Kier alpha value is -2.24. The Balaban J connectivity index is 1.91. The molecule has 6 nitrogen and oxygen atoms in total. The number of hydrogen-bond donors (Lipinski definition) is 2. The quantitative estimate of drug-likeness (QED) is 0.797. The molecule has 1 aliphatic heterocycles. The summed E-state index contributed by atoms with van der Waals surface area (Å²) in [4.78, 5) is 25.6. The summed E-state index contributed by atoms with van der Waals surface area (Å²) in [7, 11) is 1.61. The number of rotatable bonds is 4. The van der Waals surface area contributed by atoms with Gasteiger partial charge in [0.05, 0.1) is 11.1 Å². The molecule has 2 rings (SSSR count). The first-order valence-electron chi connectivity index (χ1n) is 6.93. The number of carbonyl (C=O) groups excluding carboxylic acids is 2. The van der Waals surface area contributed by atoms with Crippen molar-refractivity contribution in [3.05, 3.63) is 24.3 Å². The predicted molar refractivity (Wildman–Crippen MR) is 79.7 cm³/mol. The summed E-state index contributed by atoms with van der Waals surface area (Å²) < 4.78 is 5.45. The zero-order chi connectivity index (χ0) is 15.5. The minimum atomic E-state index is -0.518. The van der Waals surface area contributed by atoms with Crippen LogP contribution in [0.4, 0.5) is 5.69 Å². The van der Waals surface area contributed by atoms with Gasteiger partial charge >= 0.3 is 0 Å². The SMILES string of the molecule is CNC(=O)C1(C)CCN(C(=O)COc2ccccc2N)C1. The molecule has 0 spiro atoms. The van der Waals surface area contributed by atoms with Crippen molar-refractivity contribution in [3.8, 4) is 5.75 Å². The summed E-state index contributed by atoms with van der Waals surface area (Å²) in [6, 6.07) is 7.05. The molecule has 21 heavy (non-hydrogen) atoms. The zero-order valence-corrected chi connectivity index (χ0v) is 12.4. The Kier molecular flexibility index (Phi) is 4.35. The van der Waals surface area contributed by atoms with Crippen LogP contribution in [0.25, 0.3) is 0 Å². The second-order valence-electron chi connectivity index (χ2n) is 5.53. The fraction of sp³-hybridized carbons (Fsp3) is 0.467. The molecule has 1 heterocycles. The van der Waals surface area contributed by atoms with E-state index >= 15 is 0 Å². The summed E-state index contributed by atoms with van der Waals surface area (Å²) in [6.07, 6.45) is 0.659. The second-order valence-corrected chi connectivity index (χ2v) is 5.53. The van der Waals surface area contributed by atoms with Gasteiger partial charge in [0, 0.05) is 20.1 Å². The number of nitrogen functional groups attached to an aromatic ring is 1. The lowest BCUT2D eigenvalue weighted by Gasteiger charge is -2.22. The Morgan fingerprint density at radius 2 is 2.14 bits per heavy atom. The van der Waals surface area contributed by atoms with Crippen molar-refractivity contribution in [3.63, 3.8) is 0 Å². The summed E-state index contributed by atoms with van der Waals surface area (Å²) in [5, 5.41) is 2.65. The molecule has 1 atom stereocenters. The van der Waals surface area contributed by atoms with Crippen molar-refractivity contribution in [2.75, 3.05) is 32.5 Å². The average molecular weight is 291 g/mol. The van der Waals surface area contributed by atoms with Gasteiger partial charge in [0.25, 0.3) is 5.91 Å². The number of nitrogens with two attached hydrogens (primary N) is 1. The highest BCUT2D eigenvalue weighted by molar-refractivity contribution is 5.85. The van der Waals surface area contributed by atoms with Crippen molar-refractivity contribution in [2.45, 2.75) is 13.3 Å². The number of likely N-dealkylation sites (tertiary alicyclic amines) is 1. The highest BCUT2D eigenvalue weighted by Gasteiger charge is 2.41. The first-order valence-corrected chi connectivity index (χ1v) is 6.93. The molecule has 0 radical (unpaired) electrons. The maximum atomic E-state index is 12.2. The first kappa shape index (κ1) is 15.2. The van der Waals surface area contributed by atoms with E-state index in [1.165, 1.54) is 0 Å². The van der Waals surface area contributed by atoms with Gasteiger partial charge in [0.1, 0.15) is 5.75 Å². The normalized spacial score (nSPS) is 21.1. The molecule has 6 heteroatoms. The van der Waals surface area contributed by atoms with Gasteiger partial charge in [-0.3, -0.25) is 9.59 Å². The molecular weight excluding hydrogens is 270 g/mol. The number of carbonyl (C=O) groups is 2. The predicted octanol–water partition coefficient (Wildman–Crippen LogP) is 0.632. The van der Waals surface area contributed by atoms with E-state index in [2.05, 4.69) is 5.32 Å². The van der Waals surface area contributed by atoms with E-state index in [4.69, 9.17) is 10.5 Å². The Labute approximate surface area is 124 Å². The molecule has 1 aromatic carbocycles. The van der Waals surface area contributed by atoms with Gasteiger partial charge in [-0.1, -0.05) is 12.1 Å². The summed E-state index contributed by atoms with van der Waals surface area (Å²) in [6.45, 7) is 2.78. The van der Waals surface area contributed by atoms with Gasteiger partial charge in [0.2, 0.25) is 5.91 Å². The third-order valence-corrected chi connectivity index (χ3v) is 3.87. The topological polar surface area (TPSA) is 84.7 Å². The Morgan fingerprint density at radius 1 is 1.43 bits per heavy atom. The number of benzene rings is 1. The number of nitrogens with zero attached hydrogens (tertiary/aromatic N) is 1. The largest absolute Gasteiger partial charge is 0.482 e. The lowest BCUT2D eigenvalue weighted by atomic mass is 9.89. The van der Waals surface area contributed by atoms with Gasteiger partial charge in [-0.05, 0) is 25.5 Å². The van der Waals surface area contributed by atoms with E-state index in [0.29, 0.717) is 30.9 Å². The van der Waals surface area contributed by atoms with Crippen molar-refractivity contribution in [1.29, 1.82) is 0 Å². The molecule has 1 aliphatic rings. The molecule has 1 fully saturated rings. The third kappa shape index (κ3) is 3.26. The molecular formula is C15H21N3O3. The number of anilines is 1. The molecule has 0 saturated carbocycles. The summed E-state index contributed by atoms with van der Waals surface area (Å²) in [5.74, 6) is 0.330. The van der Waals surface area contributed by atoms with Crippen molar-refractivity contribution < 1.29 is 14.3 Å². The number of para-hydroxylation sites is 2. The third-order valence-electron chi connectivity index (χ3n) is 3.87. The van der Waals surface area contributed by atoms with Crippen LogP contribution in [-0.4, -0.2) is 43.5 Å². The highest BCUT2D eigenvalue weighted by Crippen LogP contribution is 2.30. The van der Waals surface area contributed by atoms with E-state index in [0.717, 1.165) is 0 Å². The molecule has 1 saturated heterocycles. The van der Waals surface area contributed by atoms with Gasteiger partial charge < -0.3 is 20.7 Å². The van der Waals surface area contributed by atoms with Crippen LogP contribution in [0.15, 0.2) is 24.3 Å². The lowest BCUT2D eigenvalue weighted by Crippen LogP contribution is -2.41. The average Bonchev–Trinajstić information content (AvgIpc) is 2.89. The van der Waals surface area contributed by atoms with Gasteiger partial charge in [-0.2, -0.15) is 0 Å². The number of ether oxygens (including phenoxy) is 1. The zero-order valence-electron chi connectivity index (χ0n) is 12.4. The fourth-order valence-corrected chi connectivity index (χ4v) is 2.50. The maximum absolute atomic E-state index is 12.2. The molecule has 1 aromatic rings. The van der Waals surface area contributed by atoms with Gasteiger partial charge in [0.15, 0.2) is 6.61 Å². The first-order chi connectivity index (χ1) is 9.96. The second kappa shape index (κ2) is 6.03. The smallest absolute Gasteiger partial charge is 0.260 e. The molecule has 1 unspecified atom stereocenters. The van der Waals surface area contributed by atoms with E-state index in [1.54, 1.807) is 36.2 Å². The van der Waals surface area contributed by atoms with E-state index < -0.39 is 5.41 Å². The molecule has 2 amide bonds. The molecule has 0 aliphatic carbocycles. The highest BCUT2D eigenvalue weighted by atomic mass is 16.5. The Bertz CT molecular complexity index is 547. The minimum absolute atomic E-state index is 0.0361. The van der Waals surface area contributed by atoms with Crippen LogP contribution in [0.3, 0.4) is 0 Å². The van der Waals surface area contributed by atoms with Crippen LogP contribution in [0, 0.1) is 5.41 Å². The van der Waals surface area contributed by atoms with Crippen LogP contribution in [0.5, 0.6) is 5.75 Å². The monoisotopic (exact) mass is 291 g/mol. The van der Waals surface area contributed by atoms with Crippen LogP contribution < -0.4 is 15.8 Å². The van der Waals surface area contributed by atoms with Crippen LogP contribution >= 0.6 is 0 Å². The number of hydrogen-bond acceptors (Lipinski definition) is 4. The molecule has 114 valence electrons. The molecule has 0 bridgehead atoms. The van der Waals surface area contributed by atoms with Gasteiger partial charge in [-0.25, -0.2) is 0 Å². The van der Waals surface area contributed by atoms with E-state index in [1.807, 2.05) is 6.92 Å². The van der Waals surface area contributed by atoms with Gasteiger partial charge in [-0.15, -0.1) is 0 Å². The number of nitrogens with one attached hydrogen (secondary N) is 1. The summed E-state index contributed by atoms with van der Waals surface area (Å²) in [5.41, 5.74) is 5.74. The Morgan fingerprint density at radius 3 is 2.81 bits per heavy atom. The van der Waals surface area contributed by atoms with Crippen LogP contribution in [0.2, 0.25) is 0 Å². The van der Waals surface area contributed by atoms with Crippen molar-refractivity contribution in [2.24, 2.45) is 5.41 Å². The lowest BCUT2D eigenvalue weighted by molar-refractivity contribution is -0.134. The molecule has 0 aromatic heterocycles.